The molecule has 0 heterocycles. The van der Waals surface area contributed by atoms with Crippen LogP contribution in [0.5, 0.6) is 0 Å². The molecule has 2 rings (SSSR count). The maximum Gasteiger partial charge on any atom is 0.131 e. The molecule has 1 N–H and O–H groups in total. The summed E-state index contributed by atoms with van der Waals surface area (Å²) in [5.41, 5.74) is 4.53. The minimum atomic E-state index is -0.207. The molecule has 2 aromatic carbocycles. The third-order valence-electron chi connectivity index (χ3n) is 3.72. The largest absolute Gasteiger partial charge is 0.313 e. The van der Waals surface area contributed by atoms with Gasteiger partial charge in [0.05, 0.1) is 0 Å². The molecule has 0 aliphatic rings. The fourth-order valence-electron chi connectivity index (χ4n) is 2.26. The van der Waals surface area contributed by atoms with Gasteiger partial charge in [0.15, 0.2) is 0 Å². The third kappa shape index (κ3) is 2.87. The molecule has 0 bridgehead atoms. The van der Waals surface area contributed by atoms with Crippen molar-refractivity contribution in [3.63, 3.8) is 0 Å². The Hall–Kier alpha value is -1.38. The number of rotatable bonds is 3. The van der Waals surface area contributed by atoms with Crippen LogP contribution in [-0.2, 0) is 0 Å². The van der Waals surface area contributed by atoms with Crippen LogP contribution in [0.15, 0.2) is 30.3 Å². The number of benzene rings is 2. The zero-order chi connectivity index (χ0) is 14.9. The molecule has 20 heavy (non-hydrogen) atoms. The summed E-state index contributed by atoms with van der Waals surface area (Å²) in [6.07, 6.45) is 0. The highest BCUT2D eigenvalue weighted by molar-refractivity contribution is 6.31. The second-order valence-corrected chi connectivity index (χ2v) is 5.57. The minimum Gasteiger partial charge on any atom is -0.313 e. The summed E-state index contributed by atoms with van der Waals surface area (Å²) in [6, 6.07) is 9.28. The quantitative estimate of drug-likeness (QED) is 0.835. The lowest BCUT2D eigenvalue weighted by Crippen LogP contribution is -2.12. The van der Waals surface area contributed by atoms with E-state index in [9.17, 15) is 4.39 Å². The van der Waals surface area contributed by atoms with Gasteiger partial charge in [-0.3, -0.25) is 0 Å². The van der Waals surface area contributed by atoms with Crippen LogP contribution in [0.4, 0.5) is 4.39 Å². The van der Waals surface area contributed by atoms with E-state index in [-0.39, 0.29) is 11.9 Å². The van der Waals surface area contributed by atoms with Crippen molar-refractivity contribution < 1.29 is 4.39 Å². The zero-order valence-corrected chi connectivity index (χ0v) is 13.0. The molecule has 0 aliphatic carbocycles. The molecule has 0 saturated heterocycles. The lowest BCUT2D eigenvalue weighted by molar-refractivity contribution is 0.622. The third-order valence-corrected chi connectivity index (χ3v) is 4.13. The van der Waals surface area contributed by atoms with Gasteiger partial charge in [0, 0.05) is 16.6 Å². The van der Waals surface area contributed by atoms with Crippen LogP contribution in [0, 0.1) is 19.7 Å². The molecular formula is C17H19ClFN. The monoisotopic (exact) mass is 291 g/mol. The van der Waals surface area contributed by atoms with Crippen LogP contribution in [0.2, 0.25) is 5.02 Å². The molecule has 106 valence electrons. The van der Waals surface area contributed by atoms with E-state index in [0.29, 0.717) is 10.6 Å². The van der Waals surface area contributed by atoms with Crippen LogP contribution in [0.3, 0.4) is 0 Å². The Kier molecular flexibility index (Phi) is 4.46. The lowest BCUT2D eigenvalue weighted by Gasteiger charge is -2.15. The van der Waals surface area contributed by atoms with Crippen molar-refractivity contribution in [2.24, 2.45) is 0 Å². The summed E-state index contributed by atoms with van der Waals surface area (Å²) in [7, 11) is 1.89. The molecule has 0 amide bonds. The van der Waals surface area contributed by atoms with E-state index in [1.165, 1.54) is 6.07 Å². The molecule has 3 heteroatoms. The van der Waals surface area contributed by atoms with E-state index < -0.39 is 0 Å². The minimum absolute atomic E-state index is 0.183. The molecule has 2 aromatic rings. The number of halogens is 2. The summed E-state index contributed by atoms with van der Waals surface area (Å²) < 4.78 is 14.2. The Labute approximate surface area is 124 Å². The average molecular weight is 292 g/mol. The van der Waals surface area contributed by atoms with Gasteiger partial charge in [-0.1, -0.05) is 17.7 Å². The number of nitrogens with one attached hydrogen (secondary N) is 1. The van der Waals surface area contributed by atoms with Gasteiger partial charge >= 0.3 is 0 Å². The van der Waals surface area contributed by atoms with Crippen molar-refractivity contribution in [3.8, 4) is 11.1 Å². The van der Waals surface area contributed by atoms with Gasteiger partial charge in [-0.2, -0.15) is 0 Å². The van der Waals surface area contributed by atoms with Crippen molar-refractivity contribution >= 4 is 11.6 Å². The number of aryl methyl sites for hydroxylation is 2. The second-order valence-electron chi connectivity index (χ2n) is 5.17. The summed E-state index contributed by atoms with van der Waals surface area (Å²) in [5, 5.41) is 3.89. The lowest BCUT2D eigenvalue weighted by atomic mass is 9.95. The van der Waals surface area contributed by atoms with E-state index in [2.05, 4.69) is 12.2 Å². The molecule has 0 fully saturated rings. The summed E-state index contributed by atoms with van der Waals surface area (Å²) in [6.45, 7) is 5.94. The van der Waals surface area contributed by atoms with E-state index in [4.69, 9.17) is 11.6 Å². The Balaban J connectivity index is 2.60. The van der Waals surface area contributed by atoms with Gasteiger partial charge in [-0.25, -0.2) is 4.39 Å². The molecule has 0 aromatic heterocycles. The molecule has 1 nitrogen and oxygen atoms in total. The van der Waals surface area contributed by atoms with E-state index in [1.807, 2.05) is 45.2 Å². The van der Waals surface area contributed by atoms with E-state index >= 15 is 0 Å². The standard InChI is InChI=1S/C17H19ClFN/c1-10-8-16(18)11(2)7-14(10)15-9-13(12(3)20-4)5-6-17(15)19/h5-9,12,20H,1-4H3. The van der Waals surface area contributed by atoms with Crippen LogP contribution in [0.1, 0.15) is 29.7 Å². The summed E-state index contributed by atoms with van der Waals surface area (Å²) in [4.78, 5) is 0. The van der Waals surface area contributed by atoms with Crippen molar-refractivity contribution in [2.75, 3.05) is 7.05 Å². The van der Waals surface area contributed by atoms with Gasteiger partial charge < -0.3 is 5.32 Å². The van der Waals surface area contributed by atoms with Crippen molar-refractivity contribution in [1.82, 2.24) is 5.32 Å². The highest BCUT2D eigenvalue weighted by Crippen LogP contribution is 2.32. The fraction of sp³-hybridized carbons (Fsp3) is 0.294. The zero-order valence-electron chi connectivity index (χ0n) is 12.2. The van der Waals surface area contributed by atoms with Crippen LogP contribution in [-0.4, -0.2) is 7.05 Å². The van der Waals surface area contributed by atoms with Crippen LogP contribution < -0.4 is 5.32 Å². The molecule has 1 unspecified atom stereocenters. The first-order valence-electron chi connectivity index (χ1n) is 6.68. The Morgan fingerprint density at radius 2 is 1.75 bits per heavy atom. The number of hydrogen-bond acceptors (Lipinski definition) is 1. The van der Waals surface area contributed by atoms with Gasteiger partial charge in [0.25, 0.3) is 0 Å². The van der Waals surface area contributed by atoms with Gasteiger partial charge in [-0.15, -0.1) is 0 Å². The fourth-order valence-corrected chi connectivity index (χ4v) is 2.47. The van der Waals surface area contributed by atoms with Crippen molar-refractivity contribution in [2.45, 2.75) is 26.8 Å². The number of hydrogen-bond donors (Lipinski definition) is 1. The predicted octanol–water partition coefficient (Wildman–Crippen LogP) is 5.04. The highest BCUT2D eigenvalue weighted by atomic mass is 35.5. The second kappa shape index (κ2) is 5.94. The SMILES string of the molecule is CNC(C)c1ccc(F)c(-c2cc(C)c(Cl)cc2C)c1. The van der Waals surface area contributed by atoms with E-state index in [0.717, 1.165) is 22.3 Å². The maximum absolute atomic E-state index is 14.2. The summed E-state index contributed by atoms with van der Waals surface area (Å²) in [5.74, 6) is -0.207. The smallest absolute Gasteiger partial charge is 0.131 e. The first-order valence-corrected chi connectivity index (χ1v) is 7.05. The molecule has 1 atom stereocenters. The molecule has 0 spiro atoms. The maximum atomic E-state index is 14.2. The Morgan fingerprint density at radius 1 is 1.05 bits per heavy atom. The predicted molar refractivity (Wildman–Crippen MR) is 83.8 cm³/mol. The molecule has 0 saturated carbocycles. The van der Waals surface area contributed by atoms with E-state index in [1.54, 1.807) is 0 Å². The van der Waals surface area contributed by atoms with Crippen molar-refractivity contribution in [3.05, 3.63) is 57.9 Å². The molecule has 0 aliphatic heterocycles. The summed E-state index contributed by atoms with van der Waals surface area (Å²) >= 11 is 6.11. The van der Waals surface area contributed by atoms with Crippen LogP contribution in [0.25, 0.3) is 11.1 Å². The first-order chi connectivity index (χ1) is 9.43. The van der Waals surface area contributed by atoms with Gasteiger partial charge in [-0.05, 0) is 74.3 Å². The molecular weight excluding hydrogens is 273 g/mol. The van der Waals surface area contributed by atoms with Gasteiger partial charge in [0.2, 0.25) is 0 Å². The Bertz CT molecular complexity index is 637. The highest BCUT2D eigenvalue weighted by Gasteiger charge is 2.12. The average Bonchev–Trinajstić information content (AvgIpc) is 2.43. The van der Waals surface area contributed by atoms with Crippen LogP contribution >= 0.6 is 11.6 Å². The Morgan fingerprint density at radius 3 is 2.40 bits per heavy atom. The normalized spacial score (nSPS) is 12.5. The van der Waals surface area contributed by atoms with Gasteiger partial charge in [0.1, 0.15) is 5.82 Å². The first kappa shape index (κ1) is 15.0. The van der Waals surface area contributed by atoms with Crippen molar-refractivity contribution in [1.29, 1.82) is 0 Å². The topological polar surface area (TPSA) is 12.0 Å². The molecule has 0 radical (unpaired) electrons.